The molecule has 1 aliphatic rings. The van der Waals surface area contributed by atoms with Gasteiger partial charge in [-0.2, -0.15) is 0 Å². The van der Waals surface area contributed by atoms with E-state index < -0.39 is 0 Å². The van der Waals surface area contributed by atoms with Gasteiger partial charge in [0.15, 0.2) is 0 Å². The highest BCUT2D eigenvalue weighted by Crippen LogP contribution is 2.23. The summed E-state index contributed by atoms with van der Waals surface area (Å²) in [4.78, 5) is 2.62. The van der Waals surface area contributed by atoms with Crippen LogP contribution in [0.1, 0.15) is 37.7 Å². The molecule has 1 aromatic carbocycles. The zero-order valence-corrected chi connectivity index (χ0v) is 11.4. The molecule has 0 unspecified atom stereocenters. The normalized spacial score (nSPS) is 16.6. The van der Waals surface area contributed by atoms with Gasteiger partial charge in [-0.15, -0.1) is 0 Å². The first-order valence-electron chi connectivity index (χ1n) is 7.38. The van der Waals surface area contributed by atoms with Crippen molar-refractivity contribution in [3.05, 3.63) is 35.9 Å². The van der Waals surface area contributed by atoms with Crippen molar-refractivity contribution < 1.29 is 0 Å². The Morgan fingerprint density at radius 1 is 1.06 bits per heavy atom. The van der Waals surface area contributed by atoms with Crippen LogP contribution in [0.15, 0.2) is 30.3 Å². The van der Waals surface area contributed by atoms with Crippen molar-refractivity contribution in [3.8, 4) is 0 Å². The van der Waals surface area contributed by atoms with E-state index in [-0.39, 0.29) is 0 Å². The SMILES string of the molecule is NCCN(CCCc1ccccc1)C1CCCC1. The minimum atomic E-state index is 0.793. The molecule has 0 amide bonds. The zero-order valence-electron chi connectivity index (χ0n) is 11.4. The summed E-state index contributed by atoms with van der Waals surface area (Å²) in [5.41, 5.74) is 7.19. The van der Waals surface area contributed by atoms with Crippen molar-refractivity contribution in [2.45, 2.75) is 44.6 Å². The van der Waals surface area contributed by atoms with Crippen LogP contribution in [0, 0.1) is 0 Å². The number of nitrogens with two attached hydrogens (primary N) is 1. The van der Waals surface area contributed by atoms with E-state index in [1.807, 2.05) is 0 Å². The molecule has 0 bridgehead atoms. The summed E-state index contributed by atoms with van der Waals surface area (Å²) in [6, 6.07) is 11.6. The van der Waals surface area contributed by atoms with Crippen LogP contribution < -0.4 is 5.73 Å². The molecule has 1 fully saturated rings. The van der Waals surface area contributed by atoms with E-state index in [4.69, 9.17) is 5.73 Å². The average Bonchev–Trinajstić information content (AvgIpc) is 2.93. The highest BCUT2D eigenvalue weighted by atomic mass is 15.2. The number of hydrogen-bond acceptors (Lipinski definition) is 2. The standard InChI is InChI=1S/C16H26N2/c17-12-14-18(16-10-4-5-11-16)13-6-9-15-7-2-1-3-8-15/h1-3,7-8,16H,4-6,9-14,17H2. The van der Waals surface area contributed by atoms with E-state index in [0.29, 0.717) is 0 Å². The van der Waals surface area contributed by atoms with E-state index >= 15 is 0 Å². The molecule has 100 valence electrons. The maximum atomic E-state index is 5.74. The Morgan fingerprint density at radius 2 is 1.78 bits per heavy atom. The third-order valence-electron chi connectivity index (χ3n) is 4.01. The summed E-state index contributed by atoms with van der Waals surface area (Å²) >= 11 is 0. The van der Waals surface area contributed by atoms with Gasteiger partial charge in [0.05, 0.1) is 0 Å². The van der Waals surface area contributed by atoms with Crippen LogP contribution in [0.2, 0.25) is 0 Å². The molecule has 1 aliphatic carbocycles. The number of rotatable bonds is 7. The summed E-state index contributed by atoms with van der Waals surface area (Å²) in [5.74, 6) is 0. The second kappa shape index (κ2) is 7.55. The van der Waals surface area contributed by atoms with Crippen molar-refractivity contribution in [2.24, 2.45) is 5.73 Å². The van der Waals surface area contributed by atoms with Gasteiger partial charge in [0.1, 0.15) is 0 Å². The Morgan fingerprint density at radius 3 is 2.44 bits per heavy atom. The lowest BCUT2D eigenvalue weighted by Crippen LogP contribution is -2.38. The summed E-state index contributed by atoms with van der Waals surface area (Å²) < 4.78 is 0. The van der Waals surface area contributed by atoms with Gasteiger partial charge in [0.2, 0.25) is 0 Å². The zero-order chi connectivity index (χ0) is 12.6. The fraction of sp³-hybridized carbons (Fsp3) is 0.625. The molecule has 18 heavy (non-hydrogen) atoms. The Labute approximate surface area is 111 Å². The van der Waals surface area contributed by atoms with Crippen molar-refractivity contribution in [1.29, 1.82) is 0 Å². The van der Waals surface area contributed by atoms with Gasteiger partial charge in [-0.3, -0.25) is 4.90 Å². The lowest BCUT2D eigenvalue weighted by atomic mass is 10.1. The predicted octanol–water partition coefficient (Wildman–Crippen LogP) is 2.82. The van der Waals surface area contributed by atoms with Crippen molar-refractivity contribution >= 4 is 0 Å². The van der Waals surface area contributed by atoms with E-state index in [1.54, 1.807) is 0 Å². The average molecular weight is 246 g/mol. The number of nitrogens with zero attached hydrogens (tertiary/aromatic N) is 1. The molecule has 0 aromatic heterocycles. The molecule has 0 aliphatic heterocycles. The second-order valence-electron chi connectivity index (χ2n) is 5.35. The van der Waals surface area contributed by atoms with Crippen molar-refractivity contribution in [3.63, 3.8) is 0 Å². The topological polar surface area (TPSA) is 29.3 Å². The Bertz CT molecular complexity index is 317. The van der Waals surface area contributed by atoms with E-state index in [9.17, 15) is 0 Å². The van der Waals surface area contributed by atoms with Gasteiger partial charge in [-0.25, -0.2) is 0 Å². The van der Waals surface area contributed by atoms with Gasteiger partial charge < -0.3 is 5.73 Å². The third-order valence-corrected chi connectivity index (χ3v) is 4.01. The van der Waals surface area contributed by atoms with Crippen molar-refractivity contribution in [2.75, 3.05) is 19.6 Å². The molecule has 0 atom stereocenters. The minimum absolute atomic E-state index is 0.793. The molecule has 2 heteroatoms. The highest BCUT2D eigenvalue weighted by molar-refractivity contribution is 5.14. The van der Waals surface area contributed by atoms with E-state index in [2.05, 4.69) is 35.2 Å². The Balaban J connectivity index is 1.75. The minimum Gasteiger partial charge on any atom is -0.329 e. The van der Waals surface area contributed by atoms with Gasteiger partial charge in [0, 0.05) is 19.1 Å². The van der Waals surface area contributed by atoms with Crippen LogP contribution in [-0.2, 0) is 6.42 Å². The first kappa shape index (κ1) is 13.6. The molecule has 0 spiro atoms. The molecule has 0 radical (unpaired) electrons. The van der Waals surface area contributed by atoms with Crippen molar-refractivity contribution in [1.82, 2.24) is 4.90 Å². The fourth-order valence-electron chi connectivity index (χ4n) is 3.04. The summed E-state index contributed by atoms with van der Waals surface area (Å²) in [7, 11) is 0. The van der Waals surface area contributed by atoms with Crippen LogP contribution in [0.3, 0.4) is 0 Å². The molecule has 2 nitrogen and oxygen atoms in total. The second-order valence-corrected chi connectivity index (χ2v) is 5.35. The molecule has 1 aromatic rings. The van der Waals surface area contributed by atoms with Crippen LogP contribution in [0.5, 0.6) is 0 Å². The fourth-order valence-corrected chi connectivity index (χ4v) is 3.04. The Hall–Kier alpha value is -0.860. The number of aryl methyl sites for hydroxylation is 1. The van der Waals surface area contributed by atoms with Crippen LogP contribution in [-0.4, -0.2) is 30.6 Å². The lowest BCUT2D eigenvalue weighted by Gasteiger charge is -2.28. The first-order chi connectivity index (χ1) is 8.90. The molecule has 1 saturated carbocycles. The predicted molar refractivity (Wildman–Crippen MR) is 77.6 cm³/mol. The maximum Gasteiger partial charge on any atom is 0.0108 e. The number of benzene rings is 1. The summed E-state index contributed by atoms with van der Waals surface area (Å²) in [6.07, 6.45) is 8.01. The van der Waals surface area contributed by atoms with Gasteiger partial charge in [-0.05, 0) is 37.8 Å². The van der Waals surface area contributed by atoms with Crippen LogP contribution in [0.25, 0.3) is 0 Å². The monoisotopic (exact) mass is 246 g/mol. The molecule has 0 saturated heterocycles. The largest absolute Gasteiger partial charge is 0.329 e. The van der Waals surface area contributed by atoms with Crippen LogP contribution in [0.4, 0.5) is 0 Å². The smallest absolute Gasteiger partial charge is 0.0108 e. The molecule has 2 rings (SSSR count). The highest BCUT2D eigenvalue weighted by Gasteiger charge is 2.21. The van der Waals surface area contributed by atoms with Crippen LogP contribution >= 0.6 is 0 Å². The molecular formula is C16H26N2. The first-order valence-corrected chi connectivity index (χ1v) is 7.38. The molecule has 2 N–H and O–H groups in total. The van der Waals surface area contributed by atoms with Gasteiger partial charge >= 0.3 is 0 Å². The van der Waals surface area contributed by atoms with E-state index in [1.165, 1.54) is 50.6 Å². The van der Waals surface area contributed by atoms with E-state index in [0.717, 1.165) is 19.1 Å². The summed E-state index contributed by atoms with van der Waals surface area (Å²) in [5, 5.41) is 0. The molecular weight excluding hydrogens is 220 g/mol. The third kappa shape index (κ3) is 4.11. The van der Waals surface area contributed by atoms with Gasteiger partial charge in [0.25, 0.3) is 0 Å². The summed E-state index contributed by atoms with van der Waals surface area (Å²) in [6.45, 7) is 3.07. The molecule has 0 heterocycles. The van der Waals surface area contributed by atoms with Gasteiger partial charge in [-0.1, -0.05) is 43.2 Å². The maximum absolute atomic E-state index is 5.74. The number of hydrogen-bond donors (Lipinski definition) is 1. The lowest BCUT2D eigenvalue weighted by molar-refractivity contribution is 0.202. The Kier molecular flexibility index (Phi) is 5.69. The quantitative estimate of drug-likeness (QED) is 0.801.